The van der Waals surface area contributed by atoms with Crippen LogP contribution in [0.1, 0.15) is 24.8 Å². The van der Waals surface area contributed by atoms with E-state index in [9.17, 15) is 4.79 Å². The van der Waals surface area contributed by atoms with Gasteiger partial charge in [0.15, 0.2) is 10.9 Å². The lowest BCUT2D eigenvalue weighted by Crippen LogP contribution is -2.20. The van der Waals surface area contributed by atoms with Crippen molar-refractivity contribution in [2.75, 3.05) is 23.3 Å². The summed E-state index contributed by atoms with van der Waals surface area (Å²) in [7, 11) is 0. The molecule has 0 bridgehead atoms. The molecule has 0 aliphatic carbocycles. The fourth-order valence-corrected chi connectivity index (χ4v) is 4.78. The summed E-state index contributed by atoms with van der Waals surface area (Å²) in [6.07, 6.45) is 2.62. The molecule has 156 valence electrons. The Kier molecular flexibility index (Phi) is 5.21. The number of rotatable bonds is 5. The summed E-state index contributed by atoms with van der Waals surface area (Å²) in [5.74, 6) is 2.26. The number of nitrogens with zero attached hydrogens (tertiary/aromatic N) is 4. The second-order valence-corrected chi connectivity index (χ2v) is 8.49. The van der Waals surface area contributed by atoms with Gasteiger partial charge in [0.25, 0.3) is 0 Å². The van der Waals surface area contributed by atoms with Crippen LogP contribution in [0.25, 0.3) is 10.2 Å². The Morgan fingerprint density at radius 1 is 1.16 bits per heavy atom. The van der Waals surface area contributed by atoms with Crippen molar-refractivity contribution in [1.29, 1.82) is 0 Å². The van der Waals surface area contributed by atoms with E-state index in [-0.39, 0.29) is 5.91 Å². The molecule has 8 heteroatoms. The Hall–Kier alpha value is -3.52. The number of aromatic nitrogens is 3. The second-order valence-electron chi connectivity index (χ2n) is 7.46. The minimum atomic E-state index is -0.151. The van der Waals surface area contributed by atoms with Gasteiger partial charge in [-0.05, 0) is 24.1 Å². The molecule has 0 radical (unpaired) electrons. The first-order chi connectivity index (χ1) is 15.2. The van der Waals surface area contributed by atoms with Crippen LogP contribution in [0, 0.1) is 0 Å². The predicted octanol–water partition coefficient (Wildman–Crippen LogP) is 4.83. The van der Waals surface area contributed by atoms with Gasteiger partial charge in [-0.1, -0.05) is 47.7 Å². The predicted molar refractivity (Wildman–Crippen MR) is 122 cm³/mol. The molecule has 1 unspecified atom stereocenters. The largest absolute Gasteiger partial charge is 0.437 e. The molecule has 1 fully saturated rings. The van der Waals surface area contributed by atoms with E-state index < -0.39 is 0 Å². The SMILES string of the molecule is CC(=O)Nc1nc2c(Oc3cc(N4CCC(c5ccccc5)C4)ncn3)cccc2s1. The average molecular weight is 432 g/mol. The van der Waals surface area contributed by atoms with E-state index in [1.807, 2.05) is 30.3 Å². The van der Waals surface area contributed by atoms with Gasteiger partial charge in [0.05, 0.1) is 4.70 Å². The maximum Gasteiger partial charge on any atom is 0.224 e. The molecule has 0 spiro atoms. The Morgan fingerprint density at radius 2 is 2.03 bits per heavy atom. The summed E-state index contributed by atoms with van der Waals surface area (Å²) in [6.45, 7) is 3.33. The third kappa shape index (κ3) is 4.20. The van der Waals surface area contributed by atoms with Gasteiger partial charge in [0, 0.05) is 32.0 Å². The highest BCUT2D eigenvalue weighted by molar-refractivity contribution is 7.22. The van der Waals surface area contributed by atoms with Crippen LogP contribution in [0.3, 0.4) is 0 Å². The summed E-state index contributed by atoms with van der Waals surface area (Å²) in [4.78, 5) is 26.9. The summed E-state index contributed by atoms with van der Waals surface area (Å²) in [6, 6.07) is 18.2. The van der Waals surface area contributed by atoms with E-state index in [0.717, 1.165) is 30.0 Å². The number of nitrogens with one attached hydrogen (secondary N) is 1. The Balaban J connectivity index is 1.35. The van der Waals surface area contributed by atoms with Gasteiger partial charge in [0.1, 0.15) is 17.7 Å². The van der Waals surface area contributed by atoms with Crippen LogP contribution in [0.15, 0.2) is 60.9 Å². The molecular formula is C23H21N5O2S. The van der Waals surface area contributed by atoms with Gasteiger partial charge in [-0.3, -0.25) is 4.79 Å². The molecule has 2 aromatic heterocycles. The molecule has 4 aromatic rings. The van der Waals surface area contributed by atoms with E-state index in [4.69, 9.17) is 4.74 Å². The van der Waals surface area contributed by atoms with Crippen molar-refractivity contribution in [1.82, 2.24) is 15.0 Å². The Morgan fingerprint density at radius 3 is 2.87 bits per heavy atom. The zero-order chi connectivity index (χ0) is 21.2. The standard InChI is InChI=1S/C23H21N5O2S/c1-15(29)26-23-27-22-18(8-5-9-19(22)31-23)30-21-12-20(24-14-25-21)28-11-10-17(13-28)16-6-3-2-4-7-16/h2-9,12,14,17H,10-11,13H2,1H3,(H,26,27,29). The molecule has 1 amide bonds. The second kappa shape index (κ2) is 8.31. The average Bonchev–Trinajstić information content (AvgIpc) is 3.42. The lowest BCUT2D eigenvalue weighted by molar-refractivity contribution is -0.114. The molecule has 7 nitrogen and oxygen atoms in total. The maximum absolute atomic E-state index is 11.3. The first kappa shape index (κ1) is 19.4. The number of thiazole rings is 1. The molecule has 3 heterocycles. The van der Waals surface area contributed by atoms with Crippen molar-refractivity contribution < 1.29 is 9.53 Å². The highest BCUT2D eigenvalue weighted by atomic mass is 32.1. The molecule has 0 saturated carbocycles. The molecule has 5 rings (SSSR count). The number of para-hydroxylation sites is 1. The van der Waals surface area contributed by atoms with Gasteiger partial charge in [-0.15, -0.1) is 0 Å². The number of hydrogen-bond acceptors (Lipinski definition) is 7. The number of anilines is 2. The lowest BCUT2D eigenvalue weighted by Gasteiger charge is -2.18. The van der Waals surface area contributed by atoms with Gasteiger partial charge < -0.3 is 15.0 Å². The first-order valence-corrected chi connectivity index (χ1v) is 10.9. The van der Waals surface area contributed by atoms with Crippen LogP contribution in [0.2, 0.25) is 0 Å². The summed E-state index contributed by atoms with van der Waals surface area (Å²) < 4.78 is 7.01. The number of fused-ring (bicyclic) bond motifs is 1. The minimum absolute atomic E-state index is 0.151. The van der Waals surface area contributed by atoms with E-state index in [1.165, 1.54) is 30.2 Å². The topological polar surface area (TPSA) is 80.2 Å². The van der Waals surface area contributed by atoms with E-state index >= 15 is 0 Å². The molecule has 31 heavy (non-hydrogen) atoms. The monoisotopic (exact) mass is 431 g/mol. The van der Waals surface area contributed by atoms with Crippen LogP contribution < -0.4 is 15.0 Å². The molecule has 1 atom stereocenters. The van der Waals surface area contributed by atoms with Crippen molar-refractivity contribution in [3.05, 3.63) is 66.5 Å². The molecular weight excluding hydrogens is 410 g/mol. The van der Waals surface area contributed by atoms with Gasteiger partial charge in [-0.2, -0.15) is 0 Å². The fourth-order valence-electron chi connectivity index (χ4n) is 3.85. The Bertz CT molecular complexity index is 1230. The van der Waals surface area contributed by atoms with Crippen molar-refractivity contribution in [3.63, 3.8) is 0 Å². The molecule has 1 aliphatic heterocycles. The molecule has 2 aromatic carbocycles. The zero-order valence-electron chi connectivity index (χ0n) is 17.0. The number of amides is 1. The lowest BCUT2D eigenvalue weighted by atomic mass is 9.99. The van der Waals surface area contributed by atoms with E-state index in [0.29, 0.717) is 28.2 Å². The highest BCUT2D eigenvalue weighted by Crippen LogP contribution is 2.35. The van der Waals surface area contributed by atoms with Crippen LogP contribution in [0.4, 0.5) is 10.9 Å². The summed E-state index contributed by atoms with van der Waals surface area (Å²) in [5, 5.41) is 3.28. The minimum Gasteiger partial charge on any atom is -0.437 e. The van der Waals surface area contributed by atoms with Crippen LogP contribution in [-0.2, 0) is 4.79 Å². The van der Waals surface area contributed by atoms with Gasteiger partial charge >= 0.3 is 0 Å². The number of benzene rings is 2. The molecule has 1 saturated heterocycles. The number of carbonyl (C=O) groups excluding carboxylic acids is 1. The van der Waals surface area contributed by atoms with E-state index in [2.05, 4.69) is 49.4 Å². The third-order valence-electron chi connectivity index (χ3n) is 5.29. The summed E-state index contributed by atoms with van der Waals surface area (Å²) in [5.41, 5.74) is 2.06. The van der Waals surface area contributed by atoms with E-state index in [1.54, 1.807) is 0 Å². The molecule has 1 aliphatic rings. The quantitative estimate of drug-likeness (QED) is 0.487. The smallest absolute Gasteiger partial charge is 0.224 e. The third-order valence-corrected chi connectivity index (χ3v) is 6.23. The van der Waals surface area contributed by atoms with Crippen molar-refractivity contribution >= 4 is 38.4 Å². The van der Waals surface area contributed by atoms with Gasteiger partial charge in [-0.25, -0.2) is 15.0 Å². The van der Waals surface area contributed by atoms with Gasteiger partial charge in [0.2, 0.25) is 11.8 Å². The number of ether oxygens (including phenoxy) is 1. The number of hydrogen-bond donors (Lipinski definition) is 1. The van der Waals surface area contributed by atoms with Crippen molar-refractivity contribution in [3.8, 4) is 11.6 Å². The molecule has 1 N–H and O–H groups in total. The Labute approximate surface area is 183 Å². The van der Waals surface area contributed by atoms with Crippen LogP contribution in [-0.4, -0.2) is 33.9 Å². The maximum atomic E-state index is 11.3. The summed E-state index contributed by atoms with van der Waals surface area (Å²) >= 11 is 1.41. The van der Waals surface area contributed by atoms with Crippen molar-refractivity contribution in [2.24, 2.45) is 0 Å². The fraction of sp³-hybridized carbons (Fsp3) is 0.217. The highest BCUT2D eigenvalue weighted by Gasteiger charge is 2.25. The normalized spacial score (nSPS) is 15.9. The number of carbonyl (C=O) groups is 1. The first-order valence-electron chi connectivity index (χ1n) is 10.1. The van der Waals surface area contributed by atoms with Crippen LogP contribution >= 0.6 is 11.3 Å². The zero-order valence-corrected chi connectivity index (χ0v) is 17.8. The van der Waals surface area contributed by atoms with Crippen molar-refractivity contribution in [2.45, 2.75) is 19.3 Å². The van der Waals surface area contributed by atoms with Crippen LogP contribution in [0.5, 0.6) is 11.6 Å².